The van der Waals surface area contributed by atoms with Crippen LogP contribution in [0.5, 0.6) is 0 Å². The number of hydrogen-bond donors (Lipinski definition) is 1. The van der Waals surface area contributed by atoms with Gasteiger partial charge in [0.05, 0.1) is 23.5 Å². The molecule has 1 saturated heterocycles. The molecule has 1 fully saturated rings. The van der Waals surface area contributed by atoms with Crippen LogP contribution in [0.15, 0.2) is 65.9 Å². The Morgan fingerprint density at radius 1 is 0.973 bits per heavy atom. The number of anilines is 3. The Bertz CT molecular complexity index is 1140. The van der Waals surface area contributed by atoms with Gasteiger partial charge in [0, 0.05) is 38.9 Å². The predicted octanol–water partition coefficient (Wildman–Crippen LogP) is 5.47. The summed E-state index contributed by atoms with van der Waals surface area (Å²) in [6.07, 6.45) is 8.46. The fraction of sp³-hybridized carbons (Fsp3) is 0.393. The fourth-order valence-electron chi connectivity index (χ4n) is 4.46. The molecule has 0 aliphatic carbocycles. The Kier molecular flexibility index (Phi) is 11.8. The quantitative estimate of drug-likeness (QED) is 0.467. The largest absolute Gasteiger partial charge is 0.319 e. The second-order valence-corrected chi connectivity index (χ2v) is 9.52. The number of fused-ring (bicyclic) bond motifs is 2. The molecule has 0 bridgehead atoms. The van der Waals surface area contributed by atoms with E-state index in [1.807, 2.05) is 6.07 Å². The maximum atomic E-state index is 13.6. The summed E-state index contributed by atoms with van der Waals surface area (Å²) >= 11 is 0. The molecule has 4 rings (SSSR count). The first-order valence-electron chi connectivity index (χ1n) is 12.3. The Hall–Kier alpha value is -2.71. The summed E-state index contributed by atoms with van der Waals surface area (Å²) in [7, 11) is 0. The fourth-order valence-corrected chi connectivity index (χ4v) is 4.46. The molecule has 3 heterocycles. The van der Waals surface area contributed by atoms with Crippen LogP contribution in [-0.4, -0.2) is 65.9 Å². The highest BCUT2D eigenvalue weighted by atomic mass is 35.5. The SMILES string of the molecule is CC(C)=CCC/C(C)=C/CN1CCN(CC(=O)N2c3ccccc3C(=O)Nc3cccnc32)CC1.Cl.Cl. The van der Waals surface area contributed by atoms with Crippen LogP contribution in [0.1, 0.15) is 44.0 Å². The van der Waals surface area contributed by atoms with E-state index in [1.165, 1.54) is 11.1 Å². The second kappa shape index (κ2) is 14.3. The number of amides is 2. The number of rotatable bonds is 7. The van der Waals surface area contributed by atoms with Crippen LogP contribution in [0.25, 0.3) is 0 Å². The van der Waals surface area contributed by atoms with Gasteiger partial charge in [-0.1, -0.05) is 35.4 Å². The number of benzene rings is 1. The number of aromatic nitrogens is 1. The monoisotopic (exact) mass is 545 g/mol. The zero-order chi connectivity index (χ0) is 24.8. The van der Waals surface area contributed by atoms with Crippen LogP contribution < -0.4 is 10.2 Å². The number of para-hydroxylation sites is 1. The van der Waals surface area contributed by atoms with E-state index in [0.717, 1.165) is 45.6 Å². The summed E-state index contributed by atoms with van der Waals surface area (Å²) in [6, 6.07) is 10.7. The lowest BCUT2D eigenvalue weighted by Gasteiger charge is -2.35. The zero-order valence-corrected chi connectivity index (χ0v) is 23.4. The van der Waals surface area contributed by atoms with Crippen molar-refractivity contribution in [3.8, 4) is 0 Å². The second-order valence-electron chi connectivity index (χ2n) is 9.52. The molecule has 1 aromatic carbocycles. The number of nitrogens with zero attached hydrogens (tertiary/aromatic N) is 4. The van der Waals surface area contributed by atoms with E-state index in [9.17, 15) is 9.59 Å². The molecule has 9 heteroatoms. The summed E-state index contributed by atoms with van der Waals surface area (Å²) in [5.41, 5.74) is 4.37. The van der Waals surface area contributed by atoms with Crippen LogP contribution >= 0.6 is 24.8 Å². The van der Waals surface area contributed by atoms with E-state index in [0.29, 0.717) is 22.8 Å². The highest BCUT2D eigenvalue weighted by Gasteiger charge is 2.31. The molecule has 200 valence electrons. The van der Waals surface area contributed by atoms with Gasteiger partial charge in [-0.15, -0.1) is 24.8 Å². The zero-order valence-electron chi connectivity index (χ0n) is 21.8. The minimum absolute atomic E-state index is 0. The van der Waals surface area contributed by atoms with Gasteiger partial charge in [0.1, 0.15) is 0 Å². The highest BCUT2D eigenvalue weighted by Crippen LogP contribution is 2.36. The van der Waals surface area contributed by atoms with Crippen molar-refractivity contribution in [2.45, 2.75) is 33.6 Å². The molecule has 0 unspecified atom stereocenters. The van der Waals surface area contributed by atoms with Crippen LogP contribution in [0.4, 0.5) is 17.2 Å². The lowest BCUT2D eigenvalue weighted by atomic mass is 10.1. The molecule has 2 amide bonds. The lowest BCUT2D eigenvalue weighted by molar-refractivity contribution is -0.119. The third-order valence-electron chi connectivity index (χ3n) is 6.50. The number of halogens is 2. The van der Waals surface area contributed by atoms with Gasteiger partial charge in [-0.05, 0) is 57.9 Å². The summed E-state index contributed by atoms with van der Waals surface area (Å²) < 4.78 is 0. The van der Waals surface area contributed by atoms with Gasteiger partial charge in [0.25, 0.3) is 5.91 Å². The summed E-state index contributed by atoms with van der Waals surface area (Å²) in [5.74, 6) is 0.142. The highest BCUT2D eigenvalue weighted by molar-refractivity contribution is 6.17. The van der Waals surface area contributed by atoms with Crippen LogP contribution in [-0.2, 0) is 4.79 Å². The molecular formula is C28H37Cl2N5O2. The topological polar surface area (TPSA) is 68.8 Å². The van der Waals surface area contributed by atoms with Crippen molar-refractivity contribution >= 4 is 53.8 Å². The van der Waals surface area contributed by atoms with E-state index in [4.69, 9.17) is 0 Å². The Balaban J connectivity index is 0.00000241. The van der Waals surface area contributed by atoms with E-state index in [2.05, 4.69) is 53.0 Å². The predicted molar refractivity (Wildman–Crippen MR) is 156 cm³/mol. The minimum Gasteiger partial charge on any atom is -0.319 e. The van der Waals surface area contributed by atoms with Crippen LogP contribution in [0, 0.1) is 0 Å². The van der Waals surface area contributed by atoms with Gasteiger partial charge in [-0.25, -0.2) is 4.98 Å². The van der Waals surface area contributed by atoms with Crippen molar-refractivity contribution in [2.75, 3.05) is 49.5 Å². The van der Waals surface area contributed by atoms with E-state index in [1.54, 1.807) is 41.4 Å². The molecule has 1 N–H and O–H groups in total. The molecular weight excluding hydrogens is 509 g/mol. The minimum atomic E-state index is -0.233. The molecule has 7 nitrogen and oxygen atoms in total. The molecule has 0 atom stereocenters. The molecule has 1 aromatic heterocycles. The summed E-state index contributed by atoms with van der Waals surface area (Å²) in [6.45, 7) is 11.2. The van der Waals surface area contributed by atoms with Gasteiger partial charge < -0.3 is 5.32 Å². The molecule has 0 spiro atoms. The molecule has 2 aliphatic rings. The number of hydrogen-bond acceptors (Lipinski definition) is 5. The van der Waals surface area contributed by atoms with Gasteiger partial charge >= 0.3 is 0 Å². The van der Waals surface area contributed by atoms with Gasteiger partial charge in [-0.2, -0.15) is 0 Å². The average molecular weight is 547 g/mol. The van der Waals surface area contributed by atoms with Gasteiger partial charge in [0.15, 0.2) is 5.82 Å². The van der Waals surface area contributed by atoms with E-state index in [-0.39, 0.29) is 43.2 Å². The van der Waals surface area contributed by atoms with Crippen molar-refractivity contribution in [1.29, 1.82) is 0 Å². The molecule has 0 radical (unpaired) electrons. The number of carbonyl (C=O) groups is 2. The van der Waals surface area contributed by atoms with Crippen LogP contribution in [0.3, 0.4) is 0 Å². The van der Waals surface area contributed by atoms with Gasteiger partial charge in [0.2, 0.25) is 5.91 Å². The maximum absolute atomic E-state index is 13.6. The third-order valence-corrected chi connectivity index (χ3v) is 6.50. The number of carbonyl (C=O) groups excluding carboxylic acids is 2. The number of nitrogens with one attached hydrogen (secondary N) is 1. The number of allylic oxidation sites excluding steroid dienone is 3. The molecule has 0 saturated carbocycles. The van der Waals surface area contributed by atoms with Gasteiger partial charge in [-0.3, -0.25) is 24.3 Å². The first kappa shape index (κ1) is 30.5. The van der Waals surface area contributed by atoms with Crippen molar-refractivity contribution in [1.82, 2.24) is 14.8 Å². The maximum Gasteiger partial charge on any atom is 0.257 e. The van der Waals surface area contributed by atoms with Crippen molar-refractivity contribution in [2.24, 2.45) is 0 Å². The standard InChI is InChI=1S/C28H35N5O2.2ClH/c1-21(2)8-6-9-22(3)13-15-31-16-18-32(19-17-31)20-26(34)33-25-12-5-4-10-23(25)28(35)30-24-11-7-14-29-27(24)33;;/h4-5,7-8,10-14H,6,9,15-20H2,1-3H3,(H,30,35);2*1H/b22-13+;;. The third kappa shape index (κ3) is 7.89. The first-order valence-corrected chi connectivity index (χ1v) is 12.3. The molecule has 2 aromatic rings. The summed E-state index contributed by atoms with van der Waals surface area (Å²) in [4.78, 5) is 37.0. The average Bonchev–Trinajstić information content (AvgIpc) is 2.97. The Morgan fingerprint density at radius 3 is 2.41 bits per heavy atom. The first-order chi connectivity index (χ1) is 16.9. The smallest absolute Gasteiger partial charge is 0.257 e. The lowest BCUT2D eigenvalue weighted by Crippen LogP contribution is -2.49. The normalized spacial score (nSPS) is 15.8. The Labute approximate surface area is 232 Å². The Morgan fingerprint density at radius 2 is 1.68 bits per heavy atom. The van der Waals surface area contributed by atoms with E-state index < -0.39 is 0 Å². The molecule has 37 heavy (non-hydrogen) atoms. The van der Waals surface area contributed by atoms with Crippen molar-refractivity contribution in [3.63, 3.8) is 0 Å². The van der Waals surface area contributed by atoms with Crippen molar-refractivity contribution in [3.05, 3.63) is 71.5 Å². The number of piperazine rings is 1. The van der Waals surface area contributed by atoms with Crippen LogP contribution in [0.2, 0.25) is 0 Å². The number of pyridine rings is 1. The van der Waals surface area contributed by atoms with E-state index >= 15 is 0 Å². The molecule has 2 aliphatic heterocycles. The van der Waals surface area contributed by atoms with Crippen molar-refractivity contribution < 1.29 is 9.59 Å². The summed E-state index contributed by atoms with van der Waals surface area (Å²) in [5, 5.41) is 2.89.